The fourth-order valence-corrected chi connectivity index (χ4v) is 3.82. The maximum absolute atomic E-state index is 6.59. The van der Waals surface area contributed by atoms with Crippen molar-refractivity contribution in [1.29, 1.82) is 0 Å². The van der Waals surface area contributed by atoms with Crippen molar-refractivity contribution >= 4 is 33.7 Å². The number of rotatable bonds is 3. The molecule has 102 valence electrons. The third kappa shape index (κ3) is 2.74. The van der Waals surface area contributed by atoms with Crippen LogP contribution in [0, 0.1) is 13.8 Å². The summed E-state index contributed by atoms with van der Waals surface area (Å²) in [5.74, 6) is 0. The number of thiophene rings is 1. The summed E-state index contributed by atoms with van der Waals surface area (Å²) in [5, 5.41) is 2.63. The summed E-state index contributed by atoms with van der Waals surface area (Å²) in [5.41, 5.74) is 2.64. The van der Waals surface area contributed by atoms with Gasteiger partial charge in [-0.05, 0) is 48.2 Å². The minimum absolute atomic E-state index is 0.0635. The Balaban J connectivity index is 1.85. The van der Waals surface area contributed by atoms with Gasteiger partial charge >= 0.3 is 0 Å². The van der Waals surface area contributed by atoms with Crippen molar-refractivity contribution in [3.8, 4) is 0 Å². The fourth-order valence-electron chi connectivity index (χ4n) is 2.43. The van der Waals surface area contributed by atoms with Crippen LogP contribution in [-0.4, -0.2) is 0 Å². The normalized spacial score (nSPS) is 12.8. The van der Waals surface area contributed by atoms with Crippen LogP contribution in [0.4, 0.5) is 0 Å². The van der Waals surface area contributed by atoms with Gasteiger partial charge in [-0.25, -0.2) is 0 Å². The van der Waals surface area contributed by atoms with Crippen LogP contribution in [0.15, 0.2) is 48.5 Å². The maximum atomic E-state index is 6.59. The van der Waals surface area contributed by atoms with E-state index in [2.05, 4.69) is 62.4 Å². The second kappa shape index (κ2) is 5.59. The molecule has 0 saturated carbocycles. The molecule has 0 saturated heterocycles. The van der Waals surface area contributed by atoms with E-state index in [0.717, 1.165) is 6.42 Å². The number of fused-ring (bicyclic) bond motifs is 1. The van der Waals surface area contributed by atoms with Crippen molar-refractivity contribution in [3.63, 3.8) is 0 Å². The van der Waals surface area contributed by atoms with Crippen molar-refractivity contribution in [2.45, 2.75) is 25.6 Å². The number of alkyl halides is 1. The molecule has 0 fully saturated rings. The van der Waals surface area contributed by atoms with Gasteiger partial charge < -0.3 is 0 Å². The highest BCUT2D eigenvalue weighted by molar-refractivity contribution is 7.12. The smallest absolute Gasteiger partial charge is 0.0719 e. The zero-order valence-corrected chi connectivity index (χ0v) is 13.3. The van der Waals surface area contributed by atoms with Crippen molar-refractivity contribution in [3.05, 3.63) is 69.4 Å². The second-order valence-corrected chi connectivity index (χ2v) is 7.06. The molecule has 1 aromatic heterocycles. The Morgan fingerprint density at radius 1 is 1.00 bits per heavy atom. The fraction of sp³-hybridized carbons (Fsp3) is 0.222. The highest BCUT2D eigenvalue weighted by Crippen LogP contribution is 2.33. The van der Waals surface area contributed by atoms with Crippen LogP contribution in [0.25, 0.3) is 10.8 Å². The molecule has 1 unspecified atom stereocenters. The van der Waals surface area contributed by atoms with Gasteiger partial charge in [0.25, 0.3) is 0 Å². The number of halogens is 1. The molecule has 2 heteroatoms. The minimum atomic E-state index is 0.0635. The molecule has 0 aliphatic rings. The lowest BCUT2D eigenvalue weighted by atomic mass is 10.0. The molecule has 0 aliphatic heterocycles. The van der Waals surface area contributed by atoms with E-state index in [4.69, 9.17) is 11.6 Å². The quantitative estimate of drug-likeness (QED) is 0.517. The lowest BCUT2D eigenvalue weighted by Gasteiger charge is -2.08. The van der Waals surface area contributed by atoms with Gasteiger partial charge in [0.15, 0.2) is 0 Å². The molecule has 0 spiro atoms. The zero-order valence-electron chi connectivity index (χ0n) is 11.7. The van der Waals surface area contributed by atoms with Crippen molar-refractivity contribution in [2.75, 3.05) is 0 Å². The Hall–Kier alpha value is -1.31. The zero-order chi connectivity index (χ0) is 14.1. The number of aryl methyl sites for hydroxylation is 2. The van der Waals surface area contributed by atoms with Gasteiger partial charge in [0.05, 0.1) is 5.38 Å². The summed E-state index contributed by atoms with van der Waals surface area (Å²) in [6.45, 7) is 4.30. The summed E-state index contributed by atoms with van der Waals surface area (Å²) < 4.78 is 0. The van der Waals surface area contributed by atoms with Crippen molar-refractivity contribution in [1.82, 2.24) is 0 Å². The number of hydrogen-bond acceptors (Lipinski definition) is 1. The summed E-state index contributed by atoms with van der Waals surface area (Å²) in [6.07, 6.45) is 0.881. The molecule has 0 nitrogen and oxygen atoms in total. The number of hydrogen-bond donors (Lipinski definition) is 0. The molecule has 3 aromatic rings. The van der Waals surface area contributed by atoms with Crippen LogP contribution in [0.1, 0.15) is 26.3 Å². The third-order valence-electron chi connectivity index (χ3n) is 3.72. The average molecular weight is 301 g/mol. The number of benzene rings is 2. The molecule has 2 aromatic carbocycles. The first kappa shape index (κ1) is 13.7. The monoisotopic (exact) mass is 300 g/mol. The van der Waals surface area contributed by atoms with E-state index >= 15 is 0 Å². The van der Waals surface area contributed by atoms with Crippen LogP contribution in [0.5, 0.6) is 0 Å². The highest BCUT2D eigenvalue weighted by atomic mass is 35.5. The van der Waals surface area contributed by atoms with Crippen LogP contribution in [0.2, 0.25) is 0 Å². The summed E-state index contributed by atoms with van der Waals surface area (Å²) in [6, 6.07) is 17.3. The molecule has 1 atom stereocenters. The summed E-state index contributed by atoms with van der Waals surface area (Å²) in [7, 11) is 0. The highest BCUT2D eigenvalue weighted by Gasteiger charge is 2.13. The lowest BCUT2D eigenvalue weighted by Crippen LogP contribution is -1.93. The van der Waals surface area contributed by atoms with Crippen LogP contribution >= 0.6 is 22.9 Å². The third-order valence-corrected chi connectivity index (χ3v) is 5.51. The topological polar surface area (TPSA) is 0 Å². The Morgan fingerprint density at radius 3 is 2.45 bits per heavy atom. The van der Waals surface area contributed by atoms with Crippen LogP contribution in [0.3, 0.4) is 0 Å². The van der Waals surface area contributed by atoms with E-state index in [9.17, 15) is 0 Å². The van der Waals surface area contributed by atoms with E-state index in [1.54, 1.807) is 0 Å². The first-order chi connectivity index (χ1) is 9.63. The Kier molecular flexibility index (Phi) is 3.82. The van der Waals surface area contributed by atoms with Crippen LogP contribution < -0.4 is 0 Å². The minimum Gasteiger partial charge on any atom is -0.144 e. The molecule has 0 bridgehead atoms. The van der Waals surface area contributed by atoms with Crippen LogP contribution in [-0.2, 0) is 6.42 Å². The second-order valence-electron chi connectivity index (χ2n) is 5.24. The standard InChI is InChI=1S/C18H17ClS/c1-12-9-18(20-13(12)2)17(19)11-14-7-8-15-5-3-4-6-16(15)10-14/h3-10,17H,11H2,1-2H3. The first-order valence-corrected chi connectivity index (χ1v) is 8.07. The SMILES string of the molecule is Cc1cc(C(Cl)Cc2ccc3ccccc3c2)sc1C. The van der Waals surface area contributed by atoms with E-state index in [-0.39, 0.29) is 5.38 Å². The van der Waals surface area contributed by atoms with Gasteiger partial charge in [0.2, 0.25) is 0 Å². The maximum Gasteiger partial charge on any atom is 0.0719 e. The predicted octanol–water partition coefficient (Wildman–Crippen LogP) is 6.04. The largest absolute Gasteiger partial charge is 0.144 e. The molecule has 0 radical (unpaired) electrons. The van der Waals surface area contributed by atoms with E-state index in [1.165, 1.54) is 31.7 Å². The Labute approximate surface area is 129 Å². The molecular weight excluding hydrogens is 284 g/mol. The van der Waals surface area contributed by atoms with Gasteiger partial charge in [-0.15, -0.1) is 22.9 Å². The lowest BCUT2D eigenvalue weighted by molar-refractivity contribution is 0.941. The first-order valence-electron chi connectivity index (χ1n) is 6.82. The average Bonchev–Trinajstić information content (AvgIpc) is 2.79. The summed E-state index contributed by atoms with van der Waals surface area (Å²) >= 11 is 8.40. The van der Waals surface area contributed by atoms with Gasteiger partial charge in [-0.1, -0.05) is 42.5 Å². The van der Waals surface area contributed by atoms with Crippen molar-refractivity contribution in [2.24, 2.45) is 0 Å². The van der Waals surface area contributed by atoms with E-state index in [0.29, 0.717) is 0 Å². The Bertz CT molecular complexity index is 723. The van der Waals surface area contributed by atoms with Gasteiger partial charge in [0, 0.05) is 9.75 Å². The van der Waals surface area contributed by atoms with Gasteiger partial charge in [-0.2, -0.15) is 0 Å². The summed E-state index contributed by atoms with van der Waals surface area (Å²) in [4.78, 5) is 2.64. The molecule has 0 N–H and O–H groups in total. The molecular formula is C18H17ClS. The molecule has 0 amide bonds. The van der Waals surface area contributed by atoms with Gasteiger partial charge in [-0.3, -0.25) is 0 Å². The predicted molar refractivity (Wildman–Crippen MR) is 90.0 cm³/mol. The Morgan fingerprint density at radius 2 is 1.75 bits per heavy atom. The van der Waals surface area contributed by atoms with E-state index < -0.39 is 0 Å². The molecule has 0 aliphatic carbocycles. The molecule has 20 heavy (non-hydrogen) atoms. The molecule has 3 rings (SSSR count). The van der Waals surface area contributed by atoms with Gasteiger partial charge in [0.1, 0.15) is 0 Å². The van der Waals surface area contributed by atoms with Crippen molar-refractivity contribution < 1.29 is 0 Å². The molecule has 1 heterocycles. The van der Waals surface area contributed by atoms with E-state index in [1.807, 2.05) is 11.3 Å².